The van der Waals surface area contributed by atoms with Gasteiger partial charge in [0.15, 0.2) is 0 Å². The fourth-order valence-corrected chi connectivity index (χ4v) is 3.40. The zero-order valence-electron chi connectivity index (χ0n) is 11.6. The van der Waals surface area contributed by atoms with Crippen LogP contribution in [0, 0.1) is 0 Å². The molecule has 0 spiro atoms. The molecule has 100 valence electrons. The predicted octanol–water partition coefficient (Wildman–Crippen LogP) is 5.82. The van der Waals surface area contributed by atoms with E-state index in [2.05, 4.69) is 76.6 Å². The average molecular weight is 325 g/mol. The van der Waals surface area contributed by atoms with Gasteiger partial charge in [0.2, 0.25) is 0 Å². The van der Waals surface area contributed by atoms with E-state index in [9.17, 15) is 0 Å². The van der Waals surface area contributed by atoms with Crippen molar-refractivity contribution in [3.8, 4) is 0 Å². The molecule has 0 heterocycles. The summed E-state index contributed by atoms with van der Waals surface area (Å²) in [4.78, 5) is 0. The van der Waals surface area contributed by atoms with E-state index >= 15 is 0 Å². The molecule has 3 rings (SSSR count). The third-order valence-corrected chi connectivity index (χ3v) is 4.52. The van der Waals surface area contributed by atoms with Gasteiger partial charge in [0.1, 0.15) is 0 Å². The molecule has 1 aliphatic rings. The molecule has 0 nitrogen and oxygen atoms in total. The Morgan fingerprint density at radius 2 is 1.70 bits per heavy atom. The Labute approximate surface area is 129 Å². The highest BCUT2D eigenvalue weighted by atomic mass is 79.9. The molecule has 0 atom stereocenters. The lowest BCUT2D eigenvalue weighted by atomic mass is 9.87. The molecule has 20 heavy (non-hydrogen) atoms. The number of hydrogen-bond donors (Lipinski definition) is 0. The first-order valence-corrected chi connectivity index (χ1v) is 7.79. The number of hydrogen-bond acceptors (Lipinski definition) is 0. The van der Waals surface area contributed by atoms with Crippen molar-refractivity contribution in [3.05, 3.63) is 81.3 Å². The van der Waals surface area contributed by atoms with Crippen LogP contribution in [0.5, 0.6) is 0 Å². The summed E-state index contributed by atoms with van der Waals surface area (Å²) >= 11 is 3.78. The van der Waals surface area contributed by atoms with E-state index in [1.54, 1.807) is 0 Å². The van der Waals surface area contributed by atoms with E-state index in [0.29, 0.717) is 0 Å². The summed E-state index contributed by atoms with van der Waals surface area (Å²) in [5.74, 6) is 0. The van der Waals surface area contributed by atoms with Gasteiger partial charge >= 0.3 is 0 Å². The quantitative estimate of drug-likeness (QED) is 0.652. The lowest BCUT2D eigenvalue weighted by molar-refractivity contribution is 0.968. The molecular formula is C19H17Br. The van der Waals surface area contributed by atoms with Crippen molar-refractivity contribution in [2.45, 2.75) is 19.8 Å². The molecule has 0 saturated carbocycles. The predicted molar refractivity (Wildman–Crippen MR) is 90.9 cm³/mol. The zero-order chi connectivity index (χ0) is 13.9. The van der Waals surface area contributed by atoms with Crippen LogP contribution in [0.1, 0.15) is 35.6 Å². The molecule has 0 N–H and O–H groups in total. The molecule has 1 aliphatic carbocycles. The van der Waals surface area contributed by atoms with Crippen molar-refractivity contribution in [1.82, 2.24) is 0 Å². The van der Waals surface area contributed by atoms with E-state index in [-0.39, 0.29) is 0 Å². The maximum absolute atomic E-state index is 3.78. The summed E-state index contributed by atoms with van der Waals surface area (Å²) in [5.41, 5.74) is 6.70. The minimum atomic E-state index is 1.09. The van der Waals surface area contributed by atoms with E-state index in [1.165, 1.54) is 32.3 Å². The van der Waals surface area contributed by atoms with E-state index < -0.39 is 0 Å². The zero-order valence-corrected chi connectivity index (χ0v) is 13.2. The molecule has 0 bridgehead atoms. The van der Waals surface area contributed by atoms with Crippen LogP contribution in [0.3, 0.4) is 0 Å². The maximum atomic E-state index is 3.78. The minimum absolute atomic E-state index is 1.09. The fourth-order valence-electron chi connectivity index (χ4n) is 2.76. The second-order valence-corrected chi connectivity index (χ2v) is 6.02. The standard InChI is InChI=1S/C19H17Br/c1-2-5-14-8-10-16(11-9-14)19-17-7-4-3-6-15(17)12-13-18(19)20/h2-11H,12-13H2,1H3/b5-2+. The highest BCUT2D eigenvalue weighted by Gasteiger charge is 2.18. The molecule has 0 saturated heterocycles. The van der Waals surface area contributed by atoms with Crippen LogP contribution in [0.25, 0.3) is 11.6 Å². The van der Waals surface area contributed by atoms with Crippen LogP contribution < -0.4 is 0 Å². The number of allylic oxidation sites excluding steroid dienone is 2. The Bertz CT molecular complexity index is 675. The Balaban J connectivity index is 2.08. The van der Waals surface area contributed by atoms with Crippen LogP contribution in [0.4, 0.5) is 0 Å². The van der Waals surface area contributed by atoms with Crippen LogP contribution in [0.2, 0.25) is 0 Å². The van der Waals surface area contributed by atoms with Crippen LogP contribution in [-0.2, 0) is 6.42 Å². The van der Waals surface area contributed by atoms with Gasteiger partial charge < -0.3 is 0 Å². The first-order valence-electron chi connectivity index (χ1n) is 6.99. The molecule has 0 aromatic heterocycles. The molecule has 0 radical (unpaired) electrons. The molecule has 0 unspecified atom stereocenters. The van der Waals surface area contributed by atoms with Gasteiger partial charge in [-0.05, 0) is 47.6 Å². The summed E-state index contributed by atoms with van der Waals surface area (Å²) in [5, 5.41) is 0. The number of halogens is 1. The number of aryl methyl sites for hydroxylation is 1. The minimum Gasteiger partial charge on any atom is -0.0871 e. The monoisotopic (exact) mass is 324 g/mol. The number of fused-ring (bicyclic) bond motifs is 1. The Morgan fingerprint density at radius 1 is 0.950 bits per heavy atom. The largest absolute Gasteiger partial charge is 0.0871 e. The van der Waals surface area contributed by atoms with Gasteiger partial charge in [-0.15, -0.1) is 0 Å². The van der Waals surface area contributed by atoms with Crippen LogP contribution >= 0.6 is 15.9 Å². The highest BCUT2D eigenvalue weighted by Crippen LogP contribution is 2.38. The van der Waals surface area contributed by atoms with Gasteiger partial charge in [-0.3, -0.25) is 0 Å². The molecule has 0 aliphatic heterocycles. The molecule has 0 amide bonds. The summed E-state index contributed by atoms with van der Waals surface area (Å²) in [6.45, 7) is 2.05. The van der Waals surface area contributed by atoms with Gasteiger partial charge in [0.25, 0.3) is 0 Å². The van der Waals surface area contributed by atoms with Crippen molar-refractivity contribution in [2.24, 2.45) is 0 Å². The third-order valence-electron chi connectivity index (χ3n) is 3.73. The van der Waals surface area contributed by atoms with Crippen molar-refractivity contribution in [2.75, 3.05) is 0 Å². The van der Waals surface area contributed by atoms with Crippen molar-refractivity contribution in [3.63, 3.8) is 0 Å². The van der Waals surface area contributed by atoms with Crippen molar-refractivity contribution in [1.29, 1.82) is 0 Å². The van der Waals surface area contributed by atoms with E-state index in [1.807, 2.05) is 6.92 Å². The second-order valence-electron chi connectivity index (χ2n) is 5.06. The summed E-state index contributed by atoms with van der Waals surface area (Å²) in [6.07, 6.45) is 6.40. The summed E-state index contributed by atoms with van der Waals surface area (Å²) in [7, 11) is 0. The topological polar surface area (TPSA) is 0 Å². The Morgan fingerprint density at radius 3 is 2.45 bits per heavy atom. The SMILES string of the molecule is C/C=C/c1ccc(C2=C(Br)CCc3ccccc32)cc1. The van der Waals surface area contributed by atoms with Gasteiger partial charge in [-0.1, -0.05) is 76.6 Å². The van der Waals surface area contributed by atoms with Crippen LogP contribution in [0.15, 0.2) is 59.1 Å². The van der Waals surface area contributed by atoms with Crippen LogP contribution in [-0.4, -0.2) is 0 Å². The van der Waals surface area contributed by atoms with E-state index in [0.717, 1.165) is 12.8 Å². The lowest BCUT2D eigenvalue weighted by Gasteiger charge is -2.21. The second kappa shape index (κ2) is 5.80. The number of benzene rings is 2. The molecule has 0 fully saturated rings. The van der Waals surface area contributed by atoms with Crippen molar-refractivity contribution < 1.29 is 0 Å². The number of rotatable bonds is 2. The molecule has 2 aromatic carbocycles. The fraction of sp³-hybridized carbons (Fsp3) is 0.158. The normalized spacial score (nSPS) is 14.7. The molecular weight excluding hydrogens is 308 g/mol. The first-order chi connectivity index (χ1) is 9.79. The van der Waals surface area contributed by atoms with Gasteiger partial charge in [-0.25, -0.2) is 0 Å². The Kier molecular flexibility index (Phi) is 3.88. The summed E-state index contributed by atoms with van der Waals surface area (Å²) in [6, 6.07) is 17.5. The first kappa shape index (κ1) is 13.4. The van der Waals surface area contributed by atoms with E-state index in [4.69, 9.17) is 0 Å². The maximum Gasteiger partial charge on any atom is 0.00384 e. The molecule has 1 heteroatoms. The highest BCUT2D eigenvalue weighted by molar-refractivity contribution is 9.11. The average Bonchev–Trinajstić information content (AvgIpc) is 2.49. The Hall–Kier alpha value is -1.60. The summed E-state index contributed by atoms with van der Waals surface area (Å²) < 4.78 is 1.31. The van der Waals surface area contributed by atoms with Gasteiger partial charge in [0, 0.05) is 4.48 Å². The third kappa shape index (κ3) is 2.51. The van der Waals surface area contributed by atoms with Crippen molar-refractivity contribution >= 4 is 27.6 Å². The van der Waals surface area contributed by atoms with Gasteiger partial charge in [0.05, 0.1) is 0 Å². The smallest absolute Gasteiger partial charge is 0.00384 e. The molecule has 2 aromatic rings. The van der Waals surface area contributed by atoms with Gasteiger partial charge in [-0.2, -0.15) is 0 Å². The lowest BCUT2D eigenvalue weighted by Crippen LogP contribution is -2.03.